The van der Waals surface area contributed by atoms with E-state index in [0.29, 0.717) is 12.7 Å². The molecule has 1 fully saturated rings. The summed E-state index contributed by atoms with van der Waals surface area (Å²) < 4.78 is 5.26. The standard InChI is InChI=1S/C7H14O2/c1-2-3-7-4-6(8)5-9-7/h6-8H,2-5H2,1H3. The number of aliphatic hydroxyl groups excluding tert-OH is 1. The summed E-state index contributed by atoms with van der Waals surface area (Å²) in [6.07, 6.45) is 3.23. The highest BCUT2D eigenvalue weighted by molar-refractivity contribution is 4.71. The van der Waals surface area contributed by atoms with E-state index in [1.165, 1.54) is 0 Å². The summed E-state index contributed by atoms with van der Waals surface area (Å²) in [7, 11) is 0. The highest BCUT2D eigenvalue weighted by Crippen LogP contribution is 2.16. The van der Waals surface area contributed by atoms with Crippen LogP contribution in [-0.4, -0.2) is 23.9 Å². The molecule has 1 saturated heterocycles. The second-order valence-corrected chi connectivity index (χ2v) is 2.63. The van der Waals surface area contributed by atoms with Crippen LogP contribution in [0.1, 0.15) is 26.2 Å². The van der Waals surface area contributed by atoms with Gasteiger partial charge in [-0.1, -0.05) is 13.3 Å². The molecule has 0 saturated carbocycles. The van der Waals surface area contributed by atoms with Gasteiger partial charge in [-0.3, -0.25) is 0 Å². The van der Waals surface area contributed by atoms with E-state index in [2.05, 4.69) is 6.92 Å². The summed E-state index contributed by atoms with van der Waals surface area (Å²) in [5, 5.41) is 9.00. The van der Waals surface area contributed by atoms with Crippen molar-refractivity contribution in [2.45, 2.75) is 38.4 Å². The second-order valence-electron chi connectivity index (χ2n) is 2.63. The lowest BCUT2D eigenvalue weighted by Crippen LogP contribution is -2.05. The molecule has 0 aliphatic carbocycles. The number of hydrogen-bond acceptors (Lipinski definition) is 2. The average molecular weight is 130 g/mol. The SMILES string of the molecule is CCCC1CC(O)CO1. The molecule has 2 atom stereocenters. The van der Waals surface area contributed by atoms with E-state index in [9.17, 15) is 0 Å². The Labute approximate surface area is 55.8 Å². The van der Waals surface area contributed by atoms with Gasteiger partial charge in [-0.15, -0.1) is 0 Å². The number of rotatable bonds is 2. The fourth-order valence-corrected chi connectivity index (χ4v) is 1.21. The summed E-state index contributed by atoms with van der Waals surface area (Å²) in [6.45, 7) is 2.68. The van der Waals surface area contributed by atoms with Crippen molar-refractivity contribution < 1.29 is 9.84 Å². The molecule has 9 heavy (non-hydrogen) atoms. The minimum Gasteiger partial charge on any atom is -0.391 e. The number of hydrogen-bond donors (Lipinski definition) is 1. The normalized spacial score (nSPS) is 35.3. The first kappa shape index (κ1) is 7.03. The fourth-order valence-electron chi connectivity index (χ4n) is 1.21. The molecule has 1 N–H and O–H groups in total. The maximum atomic E-state index is 9.00. The molecular weight excluding hydrogens is 116 g/mol. The molecule has 0 amide bonds. The summed E-state index contributed by atoms with van der Waals surface area (Å²) in [6, 6.07) is 0. The Morgan fingerprint density at radius 3 is 2.89 bits per heavy atom. The Morgan fingerprint density at radius 1 is 1.67 bits per heavy atom. The zero-order valence-electron chi connectivity index (χ0n) is 5.84. The van der Waals surface area contributed by atoms with Crippen LogP contribution in [0.3, 0.4) is 0 Å². The molecule has 1 rings (SSSR count). The van der Waals surface area contributed by atoms with Crippen LogP contribution in [0.2, 0.25) is 0 Å². The molecule has 0 aromatic carbocycles. The van der Waals surface area contributed by atoms with Crippen LogP contribution in [0.15, 0.2) is 0 Å². The van der Waals surface area contributed by atoms with E-state index >= 15 is 0 Å². The number of ether oxygens (including phenoxy) is 1. The van der Waals surface area contributed by atoms with Crippen molar-refractivity contribution >= 4 is 0 Å². The Bertz CT molecular complexity index is 81.0. The third-order valence-corrected chi connectivity index (χ3v) is 1.67. The second kappa shape index (κ2) is 3.18. The van der Waals surface area contributed by atoms with Crippen molar-refractivity contribution in [3.63, 3.8) is 0 Å². The third kappa shape index (κ3) is 1.95. The number of aliphatic hydroxyl groups is 1. The van der Waals surface area contributed by atoms with Crippen LogP contribution < -0.4 is 0 Å². The van der Waals surface area contributed by atoms with Gasteiger partial charge in [0.1, 0.15) is 0 Å². The highest BCUT2D eigenvalue weighted by Gasteiger charge is 2.21. The van der Waals surface area contributed by atoms with Gasteiger partial charge in [-0.05, 0) is 6.42 Å². The Morgan fingerprint density at radius 2 is 2.44 bits per heavy atom. The van der Waals surface area contributed by atoms with Gasteiger partial charge in [0.2, 0.25) is 0 Å². The predicted octanol–water partition coefficient (Wildman–Crippen LogP) is 0.936. The predicted molar refractivity (Wildman–Crippen MR) is 35.3 cm³/mol. The summed E-state index contributed by atoms with van der Waals surface area (Å²) in [4.78, 5) is 0. The molecule has 0 aromatic rings. The van der Waals surface area contributed by atoms with Gasteiger partial charge in [0.15, 0.2) is 0 Å². The zero-order valence-corrected chi connectivity index (χ0v) is 5.84. The van der Waals surface area contributed by atoms with Crippen LogP contribution in [-0.2, 0) is 4.74 Å². The van der Waals surface area contributed by atoms with E-state index in [4.69, 9.17) is 9.84 Å². The molecule has 1 heterocycles. The van der Waals surface area contributed by atoms with Crippen LogP contribution in [0.25, 0.3) is 0 Å². The van der Waals surface area contributed by atoms with E-state index < -0.39 is 0 Å². The van der Waals surface area contributed by atoms with Crippen molar-refractivity contribution in [1.29, 1.82) is 0 Å². The summed E-state index contributed by atoms with van der Waals surface area (Å²) in [5.74, 6) is 0. The molecule has 54 valence electrons. The van der Waals surface area contributed by atoms with Gasteiger partial charge in [-0.2, -0.15) is 0 Å². The molecule has 0 spiro atoms. The van der Waals surface area contributed by atoms with Crippen molar-refractivity contribution in [1.82, 2.24) is 0 Å². The van der Waals surface area contributed by atoms with Crippen molar-refractivity contribution in [2.24, 2.45) is 0 Å². The minimum atomic E-state index is -0.193. The lowest BCUT2D eigenvalue weighted by Gasteiger charge is -2.04. The van der Waals surface area contributed by atoms with E-state index in [1.807, 2.05) is 0 Å². The molecule has 1 aliphatic heterocycles. The van der Waals surface area contributed by atoms with E-state index in [1.54, 1.807) is 0 Å². The quantitative estimate of drug-likeness (QED) is 0.602. The van der Waals surface area contributed by atoms with Crippen LogP contribution in [0.5, 0.6) is 0 Å². The van der Waals surface area contributed by atoms with Gasteiger partial charge in [0.05, 0.1) is 18.8 Å². The maximum absolute atomic E-state index is 9.00. The van der Waals surface area contributed by atoms with Crippen LogP contribution >= 0.6 is 0 Å². The van der Waals surface area contributed by atoms with Crippen molar-refractivity contribution in [3.05, 3.63) is 0 Å². The van der Waals surface area contributed by atoms with E-state index in [-0.39, 0.29) is 6.10 Å². The highest BCUT2D eigenvalue weighted by atomic mass is 16.5. The summed E-state index contributed by atoms with van der Waals surface area (Å²) >= 11 is 0. The van der Waals surface area contributed by atoms with Crippen LogP contribution in [0.4, 0.5) is 0 Å². The molecule has 0 bridgehead atoms. The largest absolute Gasteiger partial charge is 0.391 e. The first-order valence-corrected chi connectivity index (χ1v) is 3.62. The molecule has 2 unspecified atom stereocenters. The minimum absolute atomic E-state index is 0.193. The molecule has 0 radical (unpaired) electrons. The molecule has 2 nitrogen and oxygen atoms in total. The first-order chi connectivity index (χ1) is 4.33. The Kier molecular flexibility index (Phi) is 2.49. The van der Waals surface area contributed by atoms with Crippen molar-refractivity contribution in [2.75, 3.05) is 6.61 Å². The average Bonchev–Trinajstić information content (AvgIpc) is 2.17. The molecular formula is C7H14O2. The topological polar surface area (TPSA) is 29.5 Å². The lowest BCUT2D eigenvalue weighted by molar-refractivity contribution is 0.0840. The van der Waals surface area contributed by atoms with Gasteiger partial charge < -0.3 is 9.84 Å². The Balaban J connectivity index is 2.14. The van der Waals surface area contributed by atoms with Crippen molar-refractivity contribution in [3.8, 4) is 0 Å². The molecule has 2 heteroatoms. The van der Waals surface area contributed by atoms with Gasteiger partial charge in [0, 0.05) is 6.42 Å². The van der Waals surface area contributed by atoms with Gasteiger partial charge in [-0.25, -0.2) is 0 Å². The monoisotopic (exact) mass is 130 g/mol. The lowest BCUT2D eigenvalue weighted by atomic mass is 10.1. The Hall–Kier alpha value is -0.0800. The van der Waals surface area contributed by atoms with Gasteiger partial charge in [0.25, 0.3) is 0 Å². The smallest absolute Gasteiger partial charge is 0.0798 e. The van der Waals surface area contributed by atoms with Gasteiger partial charge >= 0.3 is 0 Å². The maximum Gasteiger partial charge on any atom is 0.0798 e. The molecule has 1 aliphatic rings. The molecule has 0 aromatic heterocycles. The first-order valence-electron chi connectivity index (χ1n) is 3.62. The van der Waals surface area contributed by atoms with E-state index in [0.717, 1.165) is 19.3 Å². The fraction of sp³-hybridized carbons (Fsp3) is 1.00. The third-order valence-electron chi connectivity index (χ3n) is 1.67. The zero-order chi connectivity index (χ0) is 6.69. The van der Waals surface area contributed by atoms with Crippen LogP contribution in [0, 0.1) is 0 Å². The summed E-state index contributed by atoms with van der Waals surface area (Å²) in [5.41, 5.74) is 0.